The monoisotopic (exact) mass is 728 g/mol. The summed E-state index contributed by atoms with van der Waals surface area (Å²) in [4.78, 5) is 44.5. The standard InChI is InChI=1S/C36H52N6O8S/c1-22-23(2)30(24(3)27-19-36(7,8)49-29(22)27)51(46,47)41-32(37)38-17-12-15-28(40-33(44)50-35(4,5)6)31(43)39-26-16-18-42(20-26)34(45)48-21-25-13-10-9-11-14-25/h9-11,13-14,26,28H,12,15-21H2,1-8H3,(H,39,43)(H,40,44)(H3,37,38,41)/t26-,28+/m1/s1. The van der Waals surface area contributed by atoms with Crippen LogP contribution >= 0.6 is 0 Å². The van der Waals surface area contributed by atoms with Crippen molar-refractivity contribution in [3.05, 3.63) is 58.1 Å². The van der Waals surface area contributed by atoms with Crippen molar-refractivity contribution in [3.8, 4) is 5.75 Å². The molecule has 51 heavy (non-hydrogen) atoms. The highest BCUT2D eigenvalue weighted by Gasteiger charge is 2.37. The van der Waals surface area contributed by atoms with Crippen LogP contribution in [0.3, 0.4) is 0 Å². The van der Waals surface area contributed by atoms with E-state index < -0.39 is 45.4 Å². The fourth-order valence-corrected chi connectivity index (χ4v) is 7.76. The van der Waals surface area contributed by atoms with Gasteiger partial charge in [-0.15, -0.1) is 0 Å². The molecule has 280 valence electrons. The molecule has 0 aliphatic carbocycles. The molecule has 2 aliphatic rings. The number of hydrogen-bond acceptors (Lipinski definition) is 9. The van der Waals surface area contributed by atoms with Gasteiger partial charge in [0.25, 0.3) is 10.0 Å². The van der Waals surface area contributed by atoms with Crippen LogP contribution in [0.1, 0.15) is 81.7 Å². The molecule has 2 aliphatic heterocycles. The Kier molecular flexibility index (Phi) is 12.2. The second-order valence-corrected chi connectivity index (χ2v) is 16.4. The number of carbonyl (C=O) groups is 3. The van der Waals surface area contributed by atoms with Crippen LogP contribution in [-0.4, -0.2) is 80.3 Å². The molecule has 14 nitrogen and oxygen atoms in total. The van der Waals surface area contributed by atoms with Gasteiger partial charge < -0.3 is 35.5 Å². The average molecular weight is 729 g/mol. The number of rotatable bonds is 11. The maximum absolute atomic E-state index is 13.5. The van der Waals surface area contributed by atoms with E-state index in [4.69, 9.17) is 19.9 Å². The Balaban J connectivity index is 1.35. The number of guanidine groups is 1. The van der Waals surface area contributed by atoms with Crippen molar-refractivity contribution in [3.63, 3.8) is 0 Å². The molecule has 5 N–H and O–H groups in total. The van der Waals surface area contributed by atoms with E-state index in [0.29, 0.717) is 30.5 Å². The van der Waals surface area contributed by atoms with E-state index in [0.717, 1.165) is 22.4 Å². The van der Waals surface area contributed by atoms with Gasteiger partial charge in [-0.25, -0.2) is 22.7 Å². The molecule has 0 saturated carbocycles. The zero-order valence-corrected chi connectivity index (χ0v) is 31.7. The van der Waals surface area contributed by atoms with Crippen molar-refractivity contribution in [1.82, 2.24) is 20.3 Å². The van der Waals surface area contributed by atoms with Crippen LogP contribution in [0.2, 0.25) is 0 Å². The van der Waals surface area contributed by atoms with Crippen LogP contribution in [0.4, 0.5) is 9.59 Å². The van der Waals surface area contributed by atoms with Gasteiger partial charge in [-0.3, -0.25) is 9.79 Å². The third-order valence-electron chi connectivity index (χ3n) is 8.74. The molecule has 3 amide bonds. The Morgan fingerprint density at radius 2 is 1.78 bits per heavy atom. The number of likely N-dealkylation sites (tertiary alicyclic amines) is 1. The molecule has 2 aromatic rings. The van der Waals surface area contributed by atoms with Gasteiger partial charge in [-0.1, -0.05) is 30.3 Å². The van der Waals surface area contributed by atoms with E-state index in [-0.39, 0.29) is 49.4 Å². The summed E-state index contributed by atoms with van der Waals surface area (Å²) in [7, 11) is -4.08. The lowest BCUT2D eigenvalue weighted by atomic mass is 9.94. The maximum atomic E-state index is 13.5. The Bertz CT molecular complexity index is 1750. The first-order valence-corrected chi connectivity index (χ1v) is 18.6. The van der Waals surface area contributed by atoms with E-state index in [1.807, 2.05) is 51.1 Å². The minimum atomic E-state index is -4.08. The van der Waals surface area contributed by atoms with Crippen LogP contribution in [0, 0.1) is 20.8 Å². The zero-order chi connectivity index (χ0) is 37.7. The molecule has 0 spiro atoms. The Hall–Kier alpha value is -4.53. The molecular weight excluding hydrogens is 676 g/mol. The zero-order valence-electron chi connectivity index (χ0n) is 30.8. The smallest absolute Gasteiger partial charge is 0.410 e. The van der Waals surface area contributed by atoms with E-state index in [2.05, 4.69) is 20.3 Å². The van der Waals surface area contributed by atoms with Crippen LogP contribution in [0.5, 0.6) is 5.75 Å². The summed E-state index contributed by atoms with van der Waals surface area (Å²) in [5.41, 5.74) is 8.47. The summed E-state index contributed by atoms with van der Waals surface area (Å²) < 4.78 is 46.4. The highest BCUT2D eigenvalue weighted by atomic mass is 32.2. The van der Waals surface area contributed by atoms with Crippen LogP contribution in [0.25, 0.3) is 0 Å². The van der Waals surface area contributed by atoms with Crippen molar-refractivity contribution in [1.29, 1.82) is 0 Å². The van der Waals surface area contributed by atoms with Crippen molar-refractivity contribution in [2.75, 3.05) is 19.6 Å². The van der Waals surface area contributed by atoms with E-state index in [1.165, 1.54) is 4.90 Å². The van der Waals surface area contributed by atoms with Gasteiger partial charge in [0.15, 0.2) is 0 Å². The lowest BCUT2D eigenvalue weighted by Gasteiger charge is -2.24. The molecule has 2 atom stereocenters. The van der Waals surface area contributed by atoms with Crippen molar-refractivity contribution >= 4 is 34.1 Å². The molecule has 0 radical (unpaired) electrons. The van der Waals surface area contributed by atoms with Gasteiger partial charge in [0.2, 0.25) is 11.9 Å². The molecule has 0 aromatic heterocycles. The third kappa shape index (κ3) is 10.5. The van der Waals surface area contributed by atoms with E-state index in [1.54, 1.807) is 34.6 Å². The fourth-order valence-electron chi connectivity index (χ4n) is 6.24. The summed E-state index contributed by atoms with van der Waals surface area (Å²) >= 11 is 0. The minimum absolute atomic E-state index is 0.0712. The van der Waals surface area contributed by atoms with Gasteiger partial charge in [0.1, 0.15) is 29.6 Å². The van der Waals surface area contributed by atoms with E-state index in [9.17, 15) is 22.8 Å². The largest absolute Gasteiger partial charge is 0.487 e. The SMILES string of the molecule is Cc1c(C)c(S(=O)(=O)NC(N)=NCCC[C@H](NC(=O)OC(C)(C)C)C(=O)N[C@@H]2CCN(C(=O)OCc3ccccc3)C2)c(C)c2c1OC(C)(C)C2. The van der Waals surface area contributed by atoms with Gasteiger partial charge in [0, 0.05) is 37.7 Å². The summed E-state index contributed by atoms with van der Waals surface area (Å²) in [6.07, 6.45) is 0.289. The first-order chi connectivity index (χ1) is 23.8. The second kappa shape index (κ2) is 15.8. The number of alkyl carbamates (subject to hydrolysis) is 1. The molecule has 2 heterocycles. The number of nitrogens with two attached hydrogens (primary N) is 1. The molecule has 1 saturated heterocycles. The number of hydrogen-bond donors (Lipinski definition) is 4. The first-order valence-electron chi connectivity index (χ1n) is 17.2. The summed E-state index contributed by atoms with van der Waals surface area (Å²) in [6, 6.07) is 8.01. The number of nitrogens with zero attached hydrogens (tertiary/aromatic N) is 2. The number of fused-ring (bicyclic) bond motifs is 1. The molecule has 2 aromatic carbocycles. The predicted molar refractivity (Wildman–Crippen MR) is 193 cm³/mol. The second-order valence-electron chi connectivity index (χ2n) is 14.7. The normalized spacial score (nSPS) is 17.6. The average Bonchev–Trinajstić information content (AvgIpc) is 3.63. The molecule has 15 heteroatoms. The number of ether oxygens (including phenoxy) is 3. The maximum Gasteiger partial charge on any atom is 0.410 e. The van der Waals surface area contributed by atoms with E-state index >= 15 is 0 Å². The summed E-state index contributed by atoms with van der Waals surface area (Å²) in [6.45, 7) is 15.3. The number of sulfonamides is 1. The number of benzene rings is 2. The third-order valence-corrected chi connectivity index (χ3v) is 10.4. The number of carbonyl (C=O) groups excluding carboxylic acids is 3. The Morgan fingerprint density at radius 3 is 2.45 bits per heavy atom. The molecule has 1 fully saturated rings. The lowest BCUT2D eigenvalue weighted by Crippen LogP contribution is -2.51. The van der Waals surface area contributed by atoms with Gasteiger partial charge in [-0.2, -0.15) is 0 Å². The van der Waals surface area contributed by atoms with Gasteiger partial charge in [-0.05, 0) is 96.9 Å². The molecular formula is C36H52N6O8S. The number of amides is 3. The first kappa shape index (κ1) is 39.3. The fraction of sp³-hybridized carbons (Fsp3) is 0.556. The number of aliphatic imine (C=N–C) groups is 1. The predicted octanol–water partition coefficient (Wildman–Crippen LogP) is 4.12. The van der Waals surface area contributed by atoms with Crippen LogP contribution in [-0.2, 0) is 37.3 Å². The molecule has 4 rings (SSSR count). The van der Waals surface area contributed by atoms with Crippen molar-refractivity contribution in [2.45, 2.75) is 116 Å². The van der Waals surface area contributed by atoms with Crippen molar-refractivity contribution in [2.24, 2.45) is 10.7 Å². The van der Waals surface area contributed by atoms with Crippen LogP contribution < -0.4 is 25.8 Å². The molecule has 0 unspecified atom stereocenters. The topological polar surface area (TPSA) is 191 Å². The van der Waals surface area contributed by atoms with Gasteiger partial charge in [0.05, 0.1) is 4.90 Å². The highest BCUT2D eigenvalue weighted by Crippen LogP contribution is 2.43. The highest BCUT2D eigenvalue weighted by molar-refractivity contribution is 7.90. The van der Waals surface area contributed by atoms with Gasteiger partial charge >= 0.3 is 12.2 Å². The van der Waals surface area contributed by atoms with Crippen LogP contribution in [0.15, 0.2) is 40.2 Å². The Labute approximate surface area is 300 Å². The summed E-state index contributed by atoms with van der Waals surface area (Å²) in [5, 5.41) is 5.55. The summed E-state index contributed by atoms with van der Waals surface area (Å²) in [5.74, 6) is -0.0243. The Morgan fingerprint density at radius 1 is 1.10 bits per heavy atom. The van der Waals surface area contributed by atoms with Crippen molar-refractivity contribution < 1.29 is 37.0 Å². The number of nitrogens with one attached hydrogen (secondary N) is 3. The molecule has 0 bridgehead atoms. The minimum Gasteiger partial charge on any atom is -0.487 e. The quantitative estimate of drug-likeness (QED) is 0.150. The lowest BCUT2D eigenvalue weighted by molar-refractivity contribution is -0.124.